The molecule has 0 amide bonds. The van der Waals surface area contributed by atoms with E-state index in [1.54, 1.807) is 24.8 Å². The summed E-state index contributed by atoms with van der Waals surface area (Å²) in [6, 6.07) is 3.63. The Morgan fingerprint density at radius 3 is 2.19 bits per heavy atom. The van der Waals surface area contributed by atoms with Crippen LogP contribution >= 0.6 is 11.8 Å². The summed E-state index contributed by atoms with van der Waals surface area (Å²) in [6.07, 6.45) is 3.85. The zero-order valence-corrected chi connectivity index (χ0v) is 15.1. The molecule has 0 fully saturated rings. The molecule has 1 aromatic carbocycles. The Hall–Kier alpha value is -0.720. The predicted molar refractivity (Wildman–Crippen MR) is 92.3 cm³/mol. The van der Waals surface area contributed by atoms with Gasteiger partial charge in [0.1, 0.15) is 4.90 Å². The number of hydrogen-bond donors (Lipinski definition) is 2. The molecule has 0 atom stereocenters. The minimum absolute atomic E-state index is 0.0699. The largest absolute Gasteiger partial charge is 0.397 e. The SMILES string of the molecule is CCC(CC)(CNS(=O)(=O)c1c(C)ccc(C)c1N)SC. The van der Waals surface area contributed by atoms with Crippen molar-refractivity contribution in [1.82, 2.24) is 4.72 Å². The first kappa shape index (κ1) is 18.3. The van der Waals surface area contributed by atoms with Gasteiger partial charge in [0, 0.05) is 11.3 Å². The highest BCUT2D eigenvalue weighted by molar-refractivity contribution is 8.00. The maximum atomic E-state index is 12.6. The van der Waals surface area contributed by atoms with Gasteiger partial charge in [-0.25, -0.2) is 13.1 Å². The van der Waals surface area contributed by atoms with E-state index in [1.807, 2.05) is 19.2 Å². The highest BCUT2D eigenvalue weighted by atomic mass is 32.2. The second kappa shape index (κ2) is 7.03. The zero-order valence-electron chi connectivity index (χ0n) is 13.5. The molecule has 6 heteroatoms. The van der Waals surface area contributed by atoms with E-state index < -0.39 is 10.0 Å². The van der Waals surface area contributed by atoms with Crippen LogP contribution in [0.3, 0.4) is 0 Å². The van der Waals surface area contributed by atoms with E-state index in [0.29, 0.717) is 17.8 Å². The van der Waals surface area contributed by atoms with E-state index in [4.69, 9.17) is 5.73 Å². The lowest BCUT2D eigenvalue weighted by Crippen LogP contribution is -2.40. The first-order valence-corrected chi connectivity index (χ1v) is 9.84. The fourth-order valence-corrected chi connectivity index (χ4v) is 4.76. The molecule has 1 rings (SSSR count). The van der Waals surface area contributed by atoms with Crippen molar-refractivity contribution >= 4 is 27.5 Å². The van der Waals surface area contributed by atoms with Gasteiger partial charge in [0.25, 0.3) is 0 Å². The molecule has 0 heterocycles. The van der Waals surface area contributed by atoms with Gasteiger partial charge in [0.2, 0.25) is 10.0 Å². The van der Waals surface area contributed by atoms with Crippen LogP contribution in [0.5, 0.6) is 0 Å². The van der Waals surface area contributed by atoms with Gasteiger partial charge in [-0.05, 0) is 44.1 Å². The Bertz CT molecular complexity index is 586. The van der Waals surface area contributed by atoms with Gasteiger partial charge in [0.05, 0.1) is 5.69 Å². The molecule has 1 aromatic rings. The van der Waals surface area contributed by atoms with E-state index in [-0.39, 0.29) is 9.64 Å². The van der Waals surface area contributed by atoms with E-state index in [1.165, 1.54) is 0 Å². The van der Waals surface area contributed by atoms with E-state index in [2.05, 4.69) is 18.6 Å². The van der Waals surface area contributed by atoms with Crippen LogP contribution in [0.15, 0.2) is 17.0 Å². The molecule has 0 radical (unpaired) electrons. The van der Waals surface area contributed by atoms with Crippen LogP contribution in [0.25, 0.3) is 0 Å². The lowest BCUT2D eigenvalue weighted by atomic mass is 10.0. The highest BCUT2D eigenvalue weighted by Gasteiger charge is 2.29. The minimum Gasteiger partial charge on any atom is -0.397 e. The molecule has 0 aliphatic carbocycles. The third-order valence-corrected chi connectivity index (χ3v) is 7.38. The highest BCUT2D eigenvalue weighted by Crippen LogP contribution is 2.31. The Balaban J connectivity index is 3.12. The van der Waals surface area contributed by atoms with E-state index >= 15 is 0 Å². The predicted octanol–water partition coefficient (Wildman–Crippen LogP) is 3.09. The van der Waals surface area contributed by atoms with Gasteiger partial charge >= 0.3 is 0 Å². The molecule has 3 N–H and O–H groups in total. The quantitative estimate of drug-likeness (QED) is 0.754. The van der Waals surface area contributed by atoms with Crippen molar-refractivity contribution in [2.75, 3.05) is 18.5 Å². The number of benzene rings is 1. The molecule has 0 saturated carbocycles. The zero-order chi connectivity index (χ0) is 16.3. The van der Waals surface area contributed by atoms with Crippen molar-refractivity contribution in [3.63, 3.8) is 0 Å². The molecular formula is C15H26N2O2S2. The number of aryl methyl sites for hydroxylation is 2. The summed E-state index contributed by atoms with van der Waals surface area (Å²) in [5, 5.41) is 0. The average Bonchev–Trinajstić information content (AvgIpc) is 2.45. The Morgan fingerprint density at radius 2 is 1.71 bits per heavy atom. The van der Waals surface area contributed by atoms with Crippen LogP contribution in [-0.4, -0.2) is 26.0 Å². The topological polar surface area (TPSA) is 72.2 Å². The maximum Gasteiger partial charge on any atom is 0.242 e. The summed E-state index contributed by atoms with van der Waals surface area (Å²) in [5.41, 5.74) is 7.78. The summed E-state index contributed by atoms with van der Waals surface area (Å²) in [4.78, 5) is 0.213. The summed E-state index contributed by atoms with van der Waals surface area (Å²) < 4.78 is 27.9. The third kappa shape index (κ3) is 3.93. The summed E-state index contributed by atoms with van der Waals surface area (Å²) in [7, 11) is -3.60. The molecule has 0 aliphatic heterocycles. The van der Waals surface area contributed by atoms with Crippen LogP contribution in [-0.2, 0) is 10.0 Å². The van der Waals surface area contributed by atoms with Gasteiger partial charge in [-0.3, -0.25) is 0 Å². The van der Waals surface area contributed by atoms with Crippen LogP contribution in [0.2, 0.25) is 0 Å². The van der Waals surface area contributed by atoms with Crippen molar-refractivity contribution in [2.24, 2.45) is 0 Å². The maximum absolute atomic E-state index is 12.6. The van der Waals surface area contributed by atoms with Gasteiger partial charge in [-0.1, -0.05) is 26.0 Å². The van der Waals surface area contributed by atoms with E-state index in [0.717, 1.165) is 18.4 Å². The summed E-state index contributed by atoms with van der Waals surface area (Å²) in [6.45, 7) is 8.17. The fourth-order valence-electron chi connectivity index (χ4n) is 2.32. The molecule has 0 bridgehead atoms. The second-order valence-electron chi connectivity index (χ2n) is 5.36. The molecule has 21 heavy (non-hydrogen) atoms. The van der Waals surface area contributed by atoms with Crippen molar-refractivity contribution in [1.29, 1.82) is 0 Å². The van der Waals surface area contributed by atoms with Crippen molar-refractivity contribution in [3.8, 4) is 0 Å². The molecule has 0 aliphatic rings. The molecule has 0 aromatic heterocycles. The molecule has 0 spiro atoms. The standard InChI is InChI=1S/C15H26N2O2S2/c1-6-15(7-2,20-5)10-17-21(18,19)14-12(4)9-8-11(3)13(14)16/h8-9,17H,6-7,10,16H2,1-5H3. The van der Waals surface area contributed by atoms with Crippen molar-refractivity contribution < 1.29 is 8.42 Å². The first-order chi connectivity index (χ1) is 9.73. The Kier molecular flexibility index (Phi) is 6.13. The molecule has 120 valence electrons. The lowest BCUT2D eigenvalue weighted by molar-refractivity contribution is 0.522. The van der Waals surface area contributed by atoms with Crippen molar-refractivity contribution in [3.05, 3.63) is 23.3 Å². The van der Waals surface area contributed by atoms with Crippen LogP contribution in [0.4, 0.5) is 5.69 Å². The summed E-state index contributed by atoms with van der Waals surface area (Å²) in [5.74, 6) is 0. The first-order valence-electron chi connectivity index (χ1n) is 7.13. The monoisotopic (exact) mass is 330 g/mol. The fraction of sp³-hybridized carbons (Fsp3) is 0.600. The van der Waals surface area contributed by atoms with Gasteiger partial charge in [-0.2, -0.15) is 11.8 Å². The number of sulfonamides is 1. The van der Waals surface area contributed by atoms with Crippen LogP contribution < -0.4 is 10.5 Å². The number of hydrogen-bond acceptors (Lipinski definition) is 4. The number of nitrogens with two attached hydrogens (primary N) is 1. The smallest absolute Gasteiger partial charge is 0.242 e. The van der Waals surface area contributed by atoms with Gasteiger partial charge < -0.3 is 5.73 Å². The molecule has 0 unspecified atom stereocenters. The van der Waals surface area contributed by atoms with Gasteiger partial charge in [0.15, 0.2) is 0 Å². The van der Waals surface area contributed by atoms with Crippen LogP contribution in [0.1, 0.15) is 37.8 Å². The molecule has 4 nitrogen and oxygen atoms in total. The molecular weight excluding hydrogens is 304 g/mol. The average molecular weight is 331 g/mol. The Morgan fingerprint density at radius 1 is 1.19 bits per heavy atom. The number of anilines is 1. The number of rotatable bonds is 7. The molecule has 0 saturated heterocycles. The lowest BCUT2D eigenvalue weighted by Gasteiger charge is -2.30. The van der Waals surface area contributed by atoms with E-state index in [9.17, 15) is 8.42 Å². The number of nitrogens with one attached hydrogen (secondary N) is 1. The normalized spacial score (nSPS) is 12.6. The second-order valence-corrected chi connectivity index (χ2v) is 8.34. The van der Waals surface area contributed by atoms with Gasteiger partial charge in [-0.15, -0.1) is 0 Å². The van der Waals surface area contributed by atoms with Crippen molar-refractivity contribution in [2.45, 2.75) is 50.2 Å². The summed E-state index contributed by atoms with van der Waals surface area (Å²) >= 11 is 1.71. The number of thioether (sulfide) groups is 1. The Labute approximate surface area is 132 Å². The van der Waals surface area contributed by atoms with Crippen LogP contribution in [0, 0.1) is 13.8 Å². The third-order valence-electron chi connectivity index (χ3n) is 4.19. The number of nitrogen functional groups attached to an aromatic ring is 1. The minimum atomic E-state index is -3.60.